The Morgan fingerprint density at radius 2 is 2.11 bits per heavy atom. The van der Waals surface area contributed by atoms with Gasteiger partial charge in [0.05, 0.1) is 6.17 Å². The van der Waals surface area contributed by atoms with Crippen LogP contribution in [0.25, 0.3) is 0 Å². The zero-order valence-electron chi connectivity index (χ0n) is 5.56. The molecule has 3 heteroatoms. The van der Waals surface area contributed by atoms with E-state index in [2.05, 4.69) is 15.5 Å². The molecule has 2 N–H and O–H groups in total. The van der Waals surface area contributed by atoms with Gasteiger partial charge in [-0.15, -0.1) is 0 Å². The van der Waals surface area contributed by atoms with E-state index in [0.717, 1.165) is 13.1 Å². The zero-order chi connectivity index (χ0) is 6.10. The summed E-state index contributed by atoms with van der Waals surface area (Å²) in [5.74, 6) is 0. The average molecular weight is 127 g/mol. The Hall–Kier alpha value is -0.120. The van der Waals surface area contributed by atoms with Gasteiger partial charge in [0, 0.05) is 32.7 Å². The highest BCUT2D eigenvalue weighted by molar-refractivity contribution is 4.83. The highest BCUT2D eigenvalue weighted by Crippen LogP contribution is 2.03. The predicted molar refractivity (Wildman–Crippen MR) is 36.2 cm³/mol. The van der Waals surface area contributed by atoms with E-state index < -0.39 is 0 Å². The molecule has 0 unspecified atom stereocenters. The molecule has 0 bridgehead atoms. The fraction of sp³-hybridized carbons (Fsp3) is 1.00. The lowest BCUT2D eigenvalue weighted by Crippen LogP contribution is -2.51. The number of fused-ring (bicyclic) bond motifs is 1. The summed E-state index contributed by atoms with van der Waals surface area (Å²) in [6, 6.07) is 0. The van der Waals surface area contributed by atoms with Crippen LogP contribution in [0.5, 0.6) is 0 Å². The summed E-state index contributed by atoms with van der Waals surface area (Å²) in [6.45, 7) is 5.93. The van der Waals surface area contributed by atoms with Crippen LogP contribution in [0.2, 0.25) is 0 Å². The fourth-order valence-corrected chi connectivity index (χ4v) is 1.59. The Balaban J connectivity index is 1.97. The lowest BCUT2D eigenvalue weighted by Gasteiger charge is -2.29. The van der Waals surface area contributed by atoms with Gasteiger partial charge in [-0.1, -0.05) is 0 Å². The van der Waals surface area contributed by atoms with Crippen molar-refractivity contribution in [2.45, 2.75) is 6.17 Å². The standard InChI is InChI=1S/C6H13N3/c1-3-9-4-2-8-6(9)5-7-1/h6-8H,1-5H2/t6-/m0/s1. The number of piperazine rings is 1. The van der Waals surface area contributed by atoms with Crippen LogP contribution in [0, 0.1) is 0 Å². The van der Waals surface area contributed by atoms with E-state index in [1.165, 1.54) is 19.6 Å². The summed E-state index contributed by atoms with van der Waals surface area (Å²) in [5.41, 5.74) is 0. The quantitative estimate of drug-likeness (QED) is 0.429. The van der Waals surface area contributed by atoms with Crippen LogP contribution < -0.4 is 10.6 Å². The predicted octanol–water partition coefficient (Wildman–Crippen LogP) is -1.18. The fourth-order valence-electron chi connectivity index (χ4n) is 1.59. The molecule has 1 atom stereocenters. The van der Waals surface area contributed by atoms with Crippen molar-refractivity contribution in [1.82, 2.24) is 15.5 Å². The molecule has 0 aromatic heterocycles. The molecule has 0 aromatic carbocycles. The lowest BCUT2D eigenvalue weighted by molar-refractivity contribution is 0.200. The first kappa shape index (κ1) is 5.65. The minimum Gasteiger partial charge on any atom is -0.313 e. The highest BCUT2D eigenvalue weighted by Gasteiger charge is 2.25. The molecular weight excluding hydrogens is 114 g/mol. The van der Waals surface area contributed by atoms with Crippen LogP contribution in [0.15, 0.2) is 0 Å². The highest BCUT2D eigenvalue weighted by atomic mass is 15.4. The van der Waals surface area contributed by atoms with Gasteiger partial charge in [0.15, 0.2) is 0 Å². The third kappa shape index (κ3) is 0.956. The molecule has 2 aliphatic rings. The largest absolute Gasteiger partial charge is 0.313 e. The first-order chi connectivity index (χ1) is 4.47. The van der Waals surface area contributed by atoms with Crippen LogP contribution in [0.3, 0.4) is 0 Å². The molecule has 0 aliphatic carbocycles. The number of hydrogen-bond acceptors (Lipinski definition) is 3. The first-order valence-corrected chi connectivity index (χ1v) is 3.65. The second-order valence-electron chi connectivity index (χ2n) is 2.71. The molecule has 2 aliphatic heterocycles. The van der Waals surface area contributed by atoms with Crippen molar-refractivity contribution < 1.29 is 0 Å². The van der Waals surface area contributed by atoms with Crippen molar-refractivity contribution in [2.24, 2.45) is 0 Å². The van der Waals surface area contributed by atoms with Crippen molar-refractivity contribution in [3.05, 3.63) is 0 Å². The molecule has 2 rings (SSSR count). The van der Waals surface area contributed by atoms with Gasteiger partial charge in [-0.2, -0.15) is 0 Å². The maximum Gasteiger partial charge on any atom is 0.0727 e. The topological polar surface area (TPSA) is 27.3 Å². The SMILES string of the molecule is C1CN2CCN[C@@H]2CN1. The number of rotatable bonds is 0. The Morgan fingerprint density at radius 3 is 3.00 bits per heavy atom. The zero-order valence-corrected chi connectivity index (χ0v) is 5.56. The molecule has 2 fully saturated rings. The molecule has 52 valence electrons. The molecule has 0 radical (unpaired) electrons. The minimum absolute atomic E-state index is 0.638. The summed E-state index contributed by atoms with van der Waals surface area (Å²) >= 11 is 0. The normalized spacial score (nSPS) is 36.7. The van der Waals surface area contributed by atoms with E-state index >= 15 is 0 Å². The van der Waals surface area contributed by atoms with Crippen molar-refractivity contribution >= 4 is 0 Å². The summed E-state index contributed by atoms with van der Waals surface area (Å²) in [6.07, 6.45) is 0.638. The minimum atomic E-state index is 0.638. The molecule has 0 amide bonds. The molecule has 0 saturated carbocycles. The van der Waals surface area contributed by atoms with Crippen LogP contribution in [0.1, 0.15) is 0 Å². The van der Waals surface area contributed by atoms with Gasteiger partial charge in [0.2, 0.25) is 0 Å². The average Bonchev–Trinajstić information content (AvgIpc) is 2.33. The van der Waals surface area contributed by atoms with E-state index in [4.69, 9.17) is 0 Å². The van der Waals surface area contributed by atoms with E-state index in [9.17, 15) is 0 Å². The third-order valence-corrected chi connectivity index (χ3v) is 2.13. The van der Waals surface area contributed by atoms with Crippen LogP contribution in [-0.2, 0) is 0 Å². The maximum atomic E-state index is 3.42. The van der Waals surface area contributed by atoms with Crippen molar-refractivity contribution in [1.29, 1.82) is 0 Å². The smallest absolute Gasteiger partial charge is 0.0727 e. The molecule has 0 aromatic rings. The lowest BCUT2D eigenvalue weighted by atomic mass is 10.3. The van der Waals surface area contributed by atoms with E-state index in [1.54, 1.807) is 0 Å². The monoisotopic (exact) mass is 127 g/mol. The van der Waals surface area contributed by atoms with Crippen LogP contribution >= 0.6 is 0 Å². The second-order valence-corrected chi connectivity index (χ2v) is 2.71. The molecule has 0 spiro atoms. The molecule has 2 heterocycles. The summed E-state index contributed by atoms with van der Waals surface area (Å²) in [7, 11) is 0. The van der Waals surface area contributed by atoms with Gasteiger partial charge in [-0.25, -0.2) is 0 Å². The van der Waals surface area contributed by atoms with Gasteiger partial charge in [-0.3, -0.25) is 10.2 Å². The Morgan fingerprint density at radius 1 is 1.22 bits per heavy atom. The summed E-state index contributed by atoms with van der Waals surface area (Å²) in [5, 5.41) is 6.77. The van der Waals surface area contributed by atoms with Crippen molar-refractivity contribution in [3.8, 4) is 0 Å². The number of hydrogen-bond donors (Lipinski definition) is 2. The molecule has 3 nitrogen and oxygen atoms in total. The van der Waals surface area contributed by atoms with Gasteiger partial charge in [0.1, 0.15) is 0 Å². The van der Waals surface area contributed by atoms with E-state index in [-0.39, 0.29) is 0 Å². The molecule has 9 heavy (non-hydrogen) atoms. The molecule has 2 saturated heterocycles. The van der Waals surface area contributed by atoms with Crippen LogP contribution in [0.4, 0.5) is 0 Å². The van der Waals surface area contributed by atoms with Crippen LogP contribution in [-0.4, -0.2) is 43.8 Å². The van der Waals surface area contributed by atoms with E-state index in [0.29, 0.717) is 6.17 Å². The summed E-state index contributed by atoms with van der Waals surface area (Å²) in [4.78, 5) is 2.50. The maximum absolute atomic E-state index is 3.42. The van der Waals surface area contributed by atoms with Crippen molar-refractivity contribution in [3.63, 3.8) is 0 Å². The van der Waals surface area contributed by atoms with Crippen molar-refractivity contribution in [2.75, 3.05) is 32.7 Å². The van der Waals surface area contributed by atoms with Gasteiger partial charge >= 0.3 is 0 Å². The first-order valence-electron chi connectivity index (χ1n) is 3.65. The Bertz CT molecular complexity index is 92.5. The van der Waals surface area contributed by atoms with E-state index in [1.807, 2.05) is 0 Å². The van der Waals surface area contributed by atoms with Gasteiger partial charge in [-0.05, 0) is 0 Å². The Labute approximate surface area is 55.4 Å². The number of nitrogens with zero attached hydrogens (tertiary/aromatic N) is 1. The van der Waals surface area contributed by atoms with Gasteiger partial charge in [0.25, 0.3) is 0 Å². The summed E-state index contributed by atoms with van der Waals surface area (Å²) < 4.78 is 0. The second kappa shape index (κ2) is 2.25. The third-order valence-electron chi connectivity index (χ3n) is 2.13. The Kier molecular flexibility index (Phi) is 1.41. The molecular formula is C6H13N3. The van der Waals surface area contributed by atoms with Gasteiger partial charge < -0.3 is 5.32 Å². The number of nitrogens with one attached hydrogen (secondary N) is 2.